The molecule has 23 heavy (non-hydrogen) atoms. The number of para-hydroxylation sites is 1. The molecule has 0 bridgehead atoms. The van der Waals surface area contributed by atoms with Gasteiger partial charge < -0.3 is 4.74 Å². The SMILES string of the molecule is CCOC(=O)C1=CCCCC1S(=O)(=O)Nc1ccccc1CC. The largest absolute Gasteiger partial charge is 0.463 e. The van der Waals surface area contributed by atoms with Gasteiger partial charge in [-0.1, -0.05) is 31.2 Å². The van der Waals surface area contributed by atoms with Crippen LogP contribution in [0.25, 0.3) is 0 Å². The third-order valence-corrected chi connectivity index (χ3v) is 5.66. The normalized spacial score (nSPS) is 18.2. The second-order valence-corrected chi connectivity index (χ2v) is 7.32. The Morgan fingerprint density at radius 3 is 2.74 bits per heavy atom. The van der Waals surface area contributed by atoms with Gasteiger partial charge in [-0.15, -0.1) is 0 Å². The van der Waals surface area contributed by atoms with E-state index in [1.165, 1.54) is 0 Å². The molecular weight excluding hydrogens is 314 g/mol. The molecule has 1 aliphatic carbocycles. The molecule has 0 aliphatic heterocycles. The first kappa shape index (κ1) is 17.5. The van der Waals surface area contributed by atoms with Crippen molar-refractivity contribution in [3.05, 3.63) is 41.5 Å². The van der Waals surface area contributed by atoms with E-state index in [4.69, 9.17) is 4.74 Å². The van der Waals surface area contributed by atoms with Crippen LogP contribution in [0.3, 0.4) is 0 Å². The van der Waals surface area contributed by atoms with Gasteiger partial charge in [0.25, 0.3) is 0 Å². The van der Waals surface area contributed by atoms with E-state index >= 15 is 0 Å². The summed E-state index contributed by atoms with van der Waals surface area (Å²) >= 11 is 0. The van der Waals surface area contributed by atoms with Crippen molar-refractivity contribution in [1.82, 2.24) is 0 Å². The van der Waals surface area contributed by atoms with Crippen LogP contribution in [0.4, 0.5) is 5.69 Å². The van der Waals surface area contributed by atoms with E-state index in [-0.39, 0.29) is 12.2 Å². The van der Waals surface area contributed by atoms with E-state index in [0.717, 1.165) is 18.4 Å². The topological polar surface area (TPSA) is 72.5 Å². The quantitative estimate of drug-likeness (QED) is 0.810. The van der Waals surface area contributed by atoms with Crippen LogP contribution in [0.1, 0.15) is 38.7 Å². The molecule has 2 rings (SSSR count). The molecule has 0 heterocycles. The second kappa shape index (κ2) is 7.64. The Labute approximate surface area is 137 Å². The van der Waals surface area contributed by atoms with Gasteiger partial charge >= 0.3 is 5.97 Å². The maximum Gasteiger partial charge on any atom is 0.335 e. The van der Waals surface area contributed by atoms with Gasteiger partial charge in [-0.2, -0.15) is 0 Å². The summed E-state index contributed by atoms with van der Waals surface area (Å²) in [6.45, 7) is 3.91. The van der Waals surface area contributed by atoms with Crippen molar-refractivity contribution >= 4 is 21.7 Å². The van der Waals surface area contributed by atoms with E-state index in [2.05, 4.69) is 4.72 Å². The minimum atomic E-state index is -3.70. The van der Waals surface area contributed by atoms with Crippen LogP contribution < -0.4 is 4.72 Å². The van der Waals surface area contributed by atoms with Crippen LogP contribution in [0.2, 0.25) is 0 Å². The Morgan fingerprint density at radius 1 is 1.30 bits per heavy atom. The number of esters is 1. The maximum atomic E-state index is 12.8. The standard InChI is InChI=1S/C17H23NO4S/c1-3-13-9-5-7-11-15(13)18-23(20,21)16-12-8-6-10-14(16)17(19)22-4-2/h5,7,9-11,16,18H,3-4,6,8,12H2,1-2H3. The first-order valence-corrected chi connectivity index (χ1v) is 9.51. The highest BCUT2D eigenvalue weighted by Crippen LogP contribution is 2.28. The Kier molecular flexibility index (Phi) is 5.82. The molecule has 0 amide bonds. The summed E-state index contributed by atoms with van der Waals surface area (Å²) in [7, 11) is -3.70. The Hall–Kier alpha value is -1.82. The predicted octanol–water partition coefficient (Wildman–Crippen LogP) is 3.03. The first-order valence-electron chi connectivity index (χ1n) is 7.96. The van der Waals surface area contributed by atoms with Crippen LogP contribution in [0.15, 0.2) is 35.9 Å². The summed E-state index contributed by atoms with van der Waals surface area (Å²) in [5.41, 5.74) is 1.75. The number of benzene rings is 1. The van der Waals surface area contributed by atoms with Gasteiger partial charge in [0.15, 0.2) is 0 Å². The number of hydrogen-bond acceptors (Lipinski definition) is 4. The molecule has 1 aliphatic rings. The predicted molar refractivity (Wildman–Crippen MR) is 90.7 cm³/mol. The summed E-state index contributed by atoms with van der Waals surface area (Å²) < 4.78 is 33.2. The Morgan fingerprint density at radius 2 is 2.04 bits per heavy atom. The Balaban J connectivity index is 2.28. The van der Waals surface area contributed by atoms with Crippen molar-refractivity contribution in [2.24, 2.45) is 0 Å². The summed E-state index contributed by atoms with van der Waals surface area (Å²) in [4.78, 5) is 12.0. The fourth-order valence-electron chi connectivity index (χ4n) is 2.75. The van der Waals surface area contributed by atoms with Gasteiger partial charge in [0.1, 0.15) is 5.25 Å². The van der Waals surface area contributed by atoms with Gasteiger partial charge in [0.05, 0.1) is 17.9 Å². The molecule has 0 fully saturated rings. The van der Waals surface area contributed by atoms with Gasteiger partial charge in [-0.05, 0) is 44.2 Å². The Bertz CT molecular complexity index is 694. The van der Waals surface area contributed by atoms with Crippen LogP contribution in [-0.2, 0) is 26.0 Å². The third kappa shape index (κ3) is 4.13. The van der Waals surface area contributed by atoms with Crippen molar-refractivity contribution in [3.8, 4) is 0 Å². The number of nitrogens with one attached hydrogen (secondary N) is 1. The first-order chi connectivity index (χ1) is 11.0. The molecule has 0 spiro atoms. The highest BCUT2D eigenvalue weighted by Gasteiger charge is 2.35. The summed E-state index contributed by atoms with van der Waals surface area (Å²) in [5, 5.41) is -0.861. The number of allylic oxidation sites excluding steroid dienone is 1. The smallest absolute Gasteiger partial charge is 0.335 e. The molecule has 0 radical (unpaired) electrons. The van der Waals surface area contributed by atoms with Gasteiger partial charge in [0, 0.05) is 0 Å². The fourth-order valence-corrected chi connectivity index (χ4v) is 4.40. The number of carbonyl (C=O) groups excluding carboxylic acids is 1. The van der Waals surface area contributed by atoms with Gasteiger partial charge in [-0.3, -0.25) is 4.72 Å². The molecule has 1 aromatic rings. The molecule has 5 nitrogen and oxygen atoms in total. The number of hydrogen-bond donors (Lipinski definition) is 1. The zero-order valence-electron chi connectivity index (χ0n) is 13.5. The summed E-state index contributed by atoms with van der Waals surface area (Å²) in [6, 6.07) is 7.30. The van der Waals surface area contributed by atoms with E-state index in [1.807, 2.05) is 19.1 Å². The number of anilines is 1. The number of aryl methyl sites for hydroxylation is 1. The van der Waals surface area contributed by atoms with Crippen LogP contribution in [-0.4, -0.2) is 26.2 Å². The number of sulfonamides is 1. The summed E-state index contributed by atoms with van der Waals surface area (Å²) in [6.07, 6.45) is 4.28. The van der Waals surface area contributed by atoms with Crippen molar-refractivity contribution in [2.75, 3.05) is 11.3 Å². The molecule has 1 unspecified atom stereocenters. The fraction of sp³-hybridized carbons (Fsp3) is 0.471. The van der Waals surface area contributed by atoms with E-state index in [1.54, 1.807) is 25.1 Å². The molecule has 126 valence electrons. The highest BCUT2D eigenvalue weighted by molar-refractivity contribution is 7.93. The lowest BCUT2D eigenvalue weighted by atomic mass is 9.99. The van der Waals surface area contributed by atoms with Crippen molar-refractivity contribution in [3.63, 3.8) is 0 Å². The molecule has 1 aromatic carbocycles. The molecule has 6 heteroatoms. The number of ether oxygens (including phenoxy) is 1. The molecule has 1 atom stereocenters. The zero-order valence-corrected chi connectivity index (χ0v) is 14.4. The average Bonchev–Trinajstić information content (AvgIpc) is 2.55. The zero-order chi connectivity index (χ0) is 16.9. The van der Waals surface area contributed by atoms with Gasteiger partial charge in [0.2, 0.25) is 10.0 Å². The molecule has 0 aromatic heterocycles. The lowest BCUT2D eigenvalue weighted by Gasteiger charge is -2.24. The molecule has 0 saturated heterocycles. The van der Waals surface area contributed by atoms with E-state index in [0.29, 0.717) is 18.5 Å². The number of rotatable bonds is 6. The van der Waals surface area contributed by atoms with Crippen LogP contribution in [0, 0.1) is 0 Å². The summed E-state index contributed by atoms with van der Waals surface area (Å²) in [5.74, 6) is -0.536. The van der Waals surface area contributed by atoms with E-state index < -0.39 is 21.2 Å². The maximum absolute atomic E-state index is 12.8. The number of carbonyl (C=O) groups is 1. The monoisotopic (exact) mass is 337 g/mol. The van der Waals surface area contributed by atoms with Crippen molar-refractivity contribution in [2.45, 2.75) is 44.8 Å². The van der Waals surface area contributed by atoms with Crippen LogP contribution in [0.5, 0.6) is 0 Å². The second-order valence-electron chi connectivity index (χ2n) is 5.46. The molecule has 1 N–H and O–H groups in total. The lowest BCUT2D eigenvalue weighted by Crippen LogP contribution is -2.34. The lowest BCUT2D eigenvalue weighted by molar-refractivity contribution is -0.138. The minimum Gasteiger partial charge on any atom is -0.463 e. The average molecular weight is 337 g/mol. The van der Waals surface area contributed by atoms with Crippen molar-refractivity contribution in [1.29, 1.82) is 0 Å². The van der Waals surface area contributed by atoms with Gasteiger partial charge in [-0.25, -0.2) is 13.2 Å². The van der Waals surface area contributed by atoms with E-state index in [9.17, 15) is 13.2 Å². The molecule has 0 saturated carbocycles. The highest BCUT2D eigenvalue weighted by atomic mass is 32.2. The minimum absolute atomic E-state index is 0.231. The van der Waals surface area contributed by atoms with Crippen molar-refractivity contribution < 1.29 is 17.9 Å². The van der Waals surface area contributed by atoms with Crippen LogP contribution >= 0.6 is 0 Å². The third-order valence-electron chi connectivity index (χ3n) is 3.92. The molecular formula is C17H23NO4S.